The fraction of sp³-hybridized carbons (Fsp3) is 0.316. The number of carbonyl (C=O) groups excluding carboxylic acids is 1. The first kappa shape index (κ1) is 16.0. The molecule has 0 saturated carbocycles. The third kappa shape index (κ3) is 2.86. The van der Waals surface area contributed by atoms with Crippen molar-refractivity contribution >= 4 is 11.6 Å². The Hall–Kier alpha value is -2.50. The minimum atomic E-state index is -4.45. The Bertz CT molecular complexity index is 807. The summed E-state index contributed by atoms with van der Waals surface area (Å²) in [5.74, 6) is -0.0546. The number of halogens is 3. The van der Waals surface area contributed by atoms with Crippen molar-refractivity contribution in [1.82, 2.24) is 0 Å². The number of rotatable bonds is 1. The molecule has 130 valence electrons. The maximum absolute atomic E-state index is 13.0. The van der Waals surface area contributed by atoms with Gasteiger partial charge in [-0.15, -0.1) is 0 Å². The van der Waals surface area contributed by atoms with Crippen LogP contribution in [0.25, 0.3) is 0 Å². The maximum atomic E-state index is 13.0. The van der Waals surface area contributed by atoms with Crippen LogP contribution in [0.1, 0.15) is 16.7 Å². The number of alkyl halides is 3. The minimum absolute atomic E-state index is 0.139. The summed E-state index contributed by atoms with van der Waals surface area (Å²) in [6.07, 6.45) is -3.20. The summed E-state index contributed by atoms with van der Waals surface area (Å²) in [7, 11) is 0. The monoisotopic (exact) mass is 347 g/mol. The molecule has 1 amide bonds. The van der Waals surface area contributed by atoms with E-state index >= 15 is 0 Å². The van der Waals surface area contributed by atoms with Gasteiger partial charge >= 0.3 is 6.18 Å². The van der Waals surface area contributed by atoms with Gasteiger partial charge in [0.1, 0.15) is 12.4 Å². The fourth-order valence-corrected chi connectivity index (χ4v) is 3.58. The van der Waals surface area contributed by atoms with Gasteiger partial charge in [0, 0.05) is 5.92 Å². The highest BCUT2D eigenvalue weighted by Crippen LogP contribution is 2.39. The average molecular weight is 347 g/mol. The first-order valence-electron chi connectivity index (χ1n) is 8.15. The van der Waals surface area contributed by atoms with Crippen LogP contribution in [0.3, 0.4) is 0 Å². The molecular formula is C19H16F3NO2. The van der Waals surface area contributed by atoms with E-state index in [2.05, 4.69) is 0 Å². The number of hydrogen-bond donors (Lipinski definition) is 0. The standard InChI is InChI=1S/C19H16F3NO2/c20-19(21,22)15-5-6-17-16(11-15)23(7-8-25-17)18(24)14-9-12-3-1-2-4-13(12)10-14/h1-6,11,14H,7-10H2. The average Bonchev–Trinajstić information content (AvgIpc) is 3.03. The number of amides is 1. The first-order valence-corrected chi connectivity index (χ1v) is 8.15. The second-order valence-corrected chi connectivity index (χ2v) is 6.39. The summed E-state index contributed by atoms with van der Waals surface area (Å²) in [5, 5.41) is 0. The molecule has 0 bridgehead atoms. The topological polar surface area (TPSA) is 29.5 Å². The molecule has 3 nitrogen and oxygen atoms in total. The van der Waals surface area contributed by atoms with E-state index in [1.165, 1.54) is 11.0 Å². The quantitative estimate of drug-likeness (QED) is 0.784. The summed E-state index contributed by atoms with van der Waals surface area (Å²) in [4.78, 5) is 14.4. The molecule has 4 rings (SSSR count). The van der Waals surface area contributed by atoms with Gasteiger partial charge < -0.3 is 9.64 Å². The van der Waals surface area contributed by atoms with Crippen molar-refractivity contribution in [2.45, 2.75) is 19.0 Å². The zero-order valence-corrected chi connectivity index (χ0v) is 13.3. The molecule has 0 N–H and O–H groups in total. The van der Waals surface area contributed by atoms with Crippen molar-refractivity contribution in [3.05, 3.63) is 59.2 Å². The van der Waals surface area contributed by atoms with Crippen molar-refractivity contribution in [2.75, 3.05) is 18.1 Å². The van der Waals surface area contributed by atoms with E-state index in [1.807, 2.05) is 24.3 Å². The van der Waals surface area contributed by atoms with E-state index in [9.17, 15) is 18.0 Å². The number of ether oxygens (including phenoxy) is 1. The zero-order chi connectivity index (χ0) is 17.6. The molecule has 2 aliphatic rings. The van der Waals surface area contributed by atoms with E-state index in [0.29, 0.717) is 18.6 Å². The fourth-order valence-electron chi connectivity index (χ4n) is 3.58. The van der Waals surface area contributed by atoms with E-state index in [1.54, 1.807) is 0 Å². The van der Waals surface area contributed by atoms with Gasteiger partial charge in [0.15, 0.2) is 0 Å². The molecule has 2 aromatic rings. The Balaban J connectivity index is 1.64. The molecular weight excluding hydrogens is 331 g/mol. The lowest BCUT2D eigenvalue weighted by atomic mass is 10.0. The number of carbonyl (C=O) groups is 1. The van der Waals surface area contributed by atoms with Gasteiger partial charge in [-0.2, -0.15) is 13.2 Å². The van der Waals surface area contributed by atoms with Crippen molar-refractivity contribution < 1.29 is 22.7 Å². The molecule has 25 heavy (non-hydrogen) atoms. The normalized spacial score (nSPS) is 17.0. The van der Waals surface area contributed by atoms with Gasteiger partial charge in [-0.1, -0.05) is 24.3 Å². The Labute approximate surface area is 143 Å². The molecule has 0 aromatic heterocycles. The first-order chi connectivity index (χ1) is 11.9. The predicted octanol–water partition coefficient (Wildman–Crippen LogP) is 3.85. The van der Waals surface area contributed by atoms with Crippen LogP contribution < -0.4 is 9.64 Å². The molecule has 1 aliphatic carbocycles. The summed E-state index contributed by atoms with van der Waals surface area (Å²) < 4.78 is 44.5. The number of hydrogen-bond acceptors (Lipinski definition) is 2. The molecule has 1 aliphatic heterocycles. The van der Waals surface area contributed by atoms with Crippen LogP contribution in [0.4, 0.5) is 18.9 Å². The largest absolute Gasteiger partial charge is 0.490 e. The summed E-state index contributed by atoms with van der Waals surface area (Å²) in [6, 6.07) is 11.2. The highest BCUT2D eigenvalue weighted by Gasteiger charge is 2.36. The van der Waals surface area contributed by atoms with Crippen molar-refractivity contribution in [3.63, 3.8) is 0 Å². The van der Waals surface area contributed by atoms with Gasteiger partial charge in [0.25, 0.3) is 0 Å². The van der Waals surface area contributed by atoms with Crippen molar-refractivity contribution in [1.29, 1.82) is 0 Å². The summed E-state index contributed by atoms with van der Waals surface area (Å²) in [5.41, 5.74) is 1.71. The summed E-state index contributed by atoms with van der Waals surface area (Å²) in [6.45, 7) is 0.545. The number of nitrogens with zero attached hydrogens (tertiary/aromatic N) is 1. The minimum Gasteiger partial charge on any atom is -0.490 e. The predicted molar refractivity (Wildman–Crippen MR) is 86.6 cm³/mol. The Morgan fingerprint density at radius 1 is 1.08 bits per heavy atom. The number of fused-ring (bicyclic) bond motifs is 2. The third-order valence-corrected chi connectivity index (χ3v) is 4.82. The molecule has 0 radical (unpaired) electrons. The second-order valence-electron chi connectivity index (χ2n) is 6.39. The van der Waals surface area contributed by atoms with Crippen LogP contribution in [0, 0.1) is 5.92 Å². The maximum Gasteiger partial charge on any atom is 0.416 e. The van der Waals surface area contributed by atoms with Crippen LogP contribution in [-0.4, -0.2) is 19.1 Å². The van der Waals surface area contributed by atoms with Crippen molar-refractivity contribution in [3.8, 4) is 5.75 Å². The Kier molecular flexibility index (Phi) is 3.71. The van der Waals surface area contributed by atoms with Crippen LogP contribution in [0.2, 0.25) is 0 Å². The smallest absolute Gasteiger partial charge is 0.416 e. The lowest BCUT2D eigenvalue weighted by Gasteiger charge is -2.32. The molecule has 6 heteroatoms. The van der Waals surface area contributed by atoms with Crippen LogP contribution in [-0.2, 0) is 23.8 Å². The highest BCUT2D eigenvalue weighted by molar-refractivity contribution is 5.97. The van der Waals surface area contributed by atoms with Crippen LogP contribution in [0.15, 0.2) is 42.5 Å². The summed E-state index contributed by atoms with van der Waals surface area (Å²) >= 11 is 0. The van der Waals surface area contributed by atoms with Gasteiger partial charge in [-0.3, -0.25) is 4.79 Å². The molecule has 0 unspecified atom stereocenters. The Morgan fingerprint density at radius 2 is 1.76 bits per heavy atom. The Morgan fingerprint density at radius 3 is 2.40 bits per heavy atom. The van der Waals surface area contributed by atoms with Crippen LogP contribution >= 0.6 is 0 Å². The molecule has 0 fully saturated rings. The molecule has 0 atom stereocenters. The third-order valence-electron chi connectivity index (χ3n) is 4.82. The molecule has 2 aromatic carbocycles. The highest BCUT2D eigenvalue weighted by atomic mass is 19.4. The van der Waals surface area contributed by atoms with Crippen molar-refractivity contribution in [2.24, 2.45) is 5.92 Å². The number of benzene rings is 2. The second kappa shape index (κ2) is 5.79. The molecule has 1 heterocycles. The van der Waals surface area contributed by atoms with E-state index in [4.69, 9.17) is 4.74 Å². The van der Waals surface area contributed by atoms with Gasteiger partial charge in [0.05, 0.1) is 17.8 Å². The van der Waals surface area contributed by atoms with Gasteiger partial charge in [-0.25, -0.2) is 0 Å². The lowest BCUT2D eigenvalue weighted by molar-refractivity contribution is -0.137. The number of anilines is 1. The van der Waals surface area contributed by atoms with E-state index in [0.717, 1.165) is 23.3 Å². The van der Waals surface area contributed by atoms with E-state index in [-0.39, 0.29) is 30.7 Å². The molecule has 0 saturated heterocycles. The lowest BCUT2D eigenvalue weighted by Crippen LogP contribution is -2.42. The van der Waals surface area contributed by atoms with E-state index < -0.39 is 11.7 Å². The zero-order valence-electron chi connectivity index (χ0n) is 13.3. The van der Waals surface area contributed by atoms with Gasteiger partial charge in [0.2, 0.25) is 5.91 Å². The SMILES string of the molecule is O=C(C1Cc2ccccc2C1)N1CCOc2ccc(C(F)(F)F)cc21. The van der Waals surface area contributed by atoms with Gasteiger partial charge in [-0.05, 0) is 42.2 Å². The molecule has 0 spiro atoms. The van der Waals surface area contributed by atoms with Crippen LogP contribution in [0.5, 0.6) is 5.75 Å².